The lowest BCUT2D eigenvalue weighted by Crippen LogP contribution is -2.44. The van der Waals surface area contributed by atoms with Crippen LogP contribution in [0, 0.1) is 5.92 Å². The summed E-state index contributed by atoms with van der Waals surface area (Å²) in [7, 11) is 1.72. The second-order valence-electron chi connectivity index (χ2n) is 4.25. The van der Waals surface area contributed by atoms with E-state index >= 15 is 0 Å². The van der Waals surface area contributed by atoms with Gasteiger partial charge < -0.3 is 15.4 Å². The first-order chi connectivity index (χ1) is 8.10. The van der Waals surface area contributed by atoms with E-state index in [0.29, 0.717) is 11.9 Å². The molecule has 0 spiro atoms. The summed E-state index contributed by atoms with van der Waals surface area (Å²) in [6, 6.07) is 0. The van der Waals surface area contributed by atoms with Crippen LogP contribution in [0.25, 0.3) is 0 Å². The molecule has 1 aliphatic rings. The van der Waals surface area contributed by atoms with E-state index in [1.165, 1.54) is 0 Å². The van der Waals surface area contributed by atoms with Gasteiger partial charge in [-0.25, -0.2) is 0 Å². The summed E-state index contributed by atoms with van der Waals surface area (Å²) in [5.74, 6) is 1.20. The zero-order chi connectivity index (χ0) is 12.4. The smallest absolute Gasteiger partial charge is 0.231 e. The van der Waals surface area contributed by atoms with Gasteiger partial charge in [-0.2, -0.15) is 15.0 Å². The van der Waals surface area contributed by atoms with Crippen molar-refractivity contribution in [2.75, 3.05) is 30.8 Å². The summed E-state index contributed by atoms with van der Waals surface area (Å²) in [5, 5.41) is 0.125. The van der Waals surface area contributed by atoms with Crippen molar-refractivity contribution in [3.8, 4) is 0 Å². The van der Waals surface area contributed by atoms with Crippen LogP contribution in [0.15, 0.2) is 0 Å². The summed E-state index contributed by atoms with van der Waals surface area (Å²) >= 11 is 5.77. The summed E-state index contributed by atoms with van der Waals surface area (Å²) in [6.07, 6.45) is 1.21. The monoisotopic (exact) mass is 257 g/mol. The predicted molar refractivity (Wildman–Crippen MR) is 66.0 cm³/mol. The number of hydrogen-bond acceptors (Lipinski definition) is 6. The third-order valence-corrected chi connectivity index (χ3v) is 3.26. The molecule has 1 aromatic rings. The van der Waals surface area contributed by atoms with Gasteiger partial charge >= 0.3 is 0 Å². The minimum atomic E-state index is 0.125. The molecule has 0 bridgehead atoms. The molecule has 6 nitrogen and oxygen atoms in total. The van der Waals surface area contributed by atoms with Crippen LogP contribution in [0.1, 0.15) is 13.3 Å². The van der Waals surface area contributed by atoms with Crippen LogP contribution in [0.4, 0.5) is 11.9 Å². The third-order valence-electron chi connectivity index (χ3n) is 3.09. The number of piperidine rings is 1. The van der Waals surface area contributed by atoms with Crippen molar-refractivity contribution >= 4 is 23.5 Å². The fourth-order valence-corrected chi connectivity index (χ4v) is 2.18. The summed E-state index contributed by atoms with van der Waals surface area (Å²) in [5.41, 5.74) is 5.56. The minimum Gasteiger partial charge on any atom is -0.379 e. The highest BCUT2D eigenvalue weighted by Crippen LogP contribution is 2.23. The molecule has 17 heavy (non-hydrogen) atoms. The van der Waals surface area contributed by atoms with E-state index in [1.807, 2.05) is 4.90 Å². The molecule has 2 N–H and O–H groups in total. The maximum atomic E-state index is 5.77. The van der Waals surface area contributed by atoms with E-state index < -0.39 is 0 Å². The molecule has 0 radical (unpaired) electrons. The van der Waals surface area contributed by atoms with Gasteiger partial charge in [0.2, 0.25) is 17.2 Å². The second-order valence-corrected chi connectivity index (χ2v) is 4.59. The summed E-state index contributed by atoms with van der Waals surface area (Å²) in [6.45, 7) is 3.80. The lowest BCUT2D eigenvalue weighted by atomic mass is 9.96. The standard InChI is InChI=1S/C10H16ClN5O/c1-6-3-4-16(5-7(6)17-2)10-14-8(11)13-9(12)15-10/h6-7H,3-5H2,1-2H3,(H2,12,13,14,15). The Kier molecular flexibility index (Phi) is 3.63. The van der Waals surface area contributed by atoms with Crippen molar-refractivity contribution < 1.29 is 4.74 Å². The number of aromatic nitrogens is 3. The van der Waals surface area contributed by atoms with Crippen molar-refractivity contribution in [3.63, 3.8) is 0 Å². The summed E-state index contributed by atoms with van der Waals surface area (Å²) < 4.78 is 5.44. The average molecular weight is 258 g/mol. The maximum Gasteiger partial charge on any atom is 0.231 e. The van der Waals surface area contributed by atoms with E-state index in [1.54, 1.807) is 7.11 Å². The highest BCUT2D eigenvalue weighted by atomic mass is 35.5. The average Bonchev–Trinajstić information content (AvgIpc) is 2.28. The Balaban J connectivity index is 2.17. The van der Waals surface area contributed by atoms with Crippen LogP contribution < -0.4 is 10.6 Å². The van der Waals surface area contributed by atoms with Gasteiger partial charge in [0, 0.05) is 20.2 Å². The molecule has 1 saturated heterocycles. The zero-order valence-corrected chi connectivity index (χ0v) is 10.7. The first kappa shape index (κ1) is 12.3. The first-order valence-electron chi connectivity index (χ1n) is 5.55. The zero-order valence-electron chi connectivity index (χ0n) is 9.93. The number of nitrogens with zero attached hydrogens (tertiary/aromatic N) is 4. The number of anilines is 2. The van der Waals surface area contributed by atoms with Crippen LogP contribution in [0.3, 0.4) is 0 Å². The van der Waals surface area contributed by atoms with Gasteiger partial charge in [0.05, 0.1) is 6.10 Å². The van der Waals surface area contributed by atoms with E-state index in [9.17, 15) is 0 Å². The predicted octanol–water partition coefficient (Wildman–Crippen LogP) is 0.968. The lowest BCUT2D eigenvalue weighted by Gasteiger charge is -2.36. The van der Waals surface area contributed by atoms with Gasteiger partial charge in [0.25, 0.3) is 0 Å². The van der Waals surface area contributed by atoms with E-state index in [0.717, 1.165) is 19.5 Å². The molecule has 0 aliphatic carbocycles. The van der Waals surface area contributed by atoms with Crippen molar-refractivity contribution in [1.29, 1.82) is 0 Å². The minimum absolute atomic E-state index is 0.125. The highest BCUT2D eigenvalue weighted by molar-refractivity contribution is 6.28. The Bertz CT molecular complexity index is 382. The maximum absolute atomic E-state index is 5.77. The quantitative estimate of drug-likeness (QED) is 0.851. The number of methoxy groups -OCH3 is 1. The van der Waals surface area contributed by atoms with Crippen LogP contribution in [-0.2, 0) is 4.74 Å². The molecule has 0 saturated carbocycles. The highest BCUT2D eigenvalue weighted by Gasteiger charge is 2.27. The van der Waals surface area contributed by atoms with Gasteiger partial charge in [-0.1, -0.05) is 6.92 Å². The molecule has 2 atom stereocenters. The summed E-state index contributed by atoms with van der Waals surface area (Å²) in [4.78, 5) is 14.0. The molecule has 0 amide bonds. The third kappa shape index (κ3) is 2.76. The lowest BCUT2D eigenvalue weighted by molar-refractivity contribution is 0.0494. The van der Waals surface area contributed by atoms with Gasteiger partial charge in [-0.3, -0.25) is 0 Å². The van der Waals surface area contributed by atoms with Gasteiger partial charge in [0.15, 0.2) is 0 Å². The SMILES string of the molecule is COC1CN(c2nc(N)nc(Cl)n2)CCC1C. The number of hydrogen-bond donors (Lipinski definition) is 1. The van der Waals surface area contributed by atoms with Crippen molar-refractivity contribution in [2.24, 2.45) is 5.92 Å². The molecule has 2 rings (SSSR count). The van der Waals surface area contributed by atoms with E-state index in [-0.39, 0.29) is 17.3 Å². The van der Waals surface area contributed by atoms with Crippen LogP contribution in [0.2, 0.25) is 5.28 Å². The molecular formula is C10H16ClN5O. The molecule has 94 valence electrons. The van der Waals surface area contributed by atoms with Crippen molar-refractivity contribution in [3.05, 3.63) is 5.28 Å². The fourth-order valence-electron chi connectivity index (χ4n) is 2.02. The van der Waals surface area contributed by atoms with Crippen molar-refractivity contribution in [2.45, 2.75) is 19.4 Å². The largest absolute Gasteiger partial charge is 0.379 e. The number of nitrogens with two attached hydrogens (primary N) is 1. The fraction of sp³-hybridized carbons (Fsp3) is 0.700. The van der Waals surface area contributed by atoms with E-state index in [4.69, 9.17) is 22.1 Å². The van der Waals surface area contributed by atoms with Crippen LogP contribution in [0.5, 0.6) is 0 Å². The molecule has 1 aliphatic heterocycles. The molecular weight excluding hydrogens is 242 g/mol. The molecule has 0 aromatic carbocycles. The Morgan fingerprint density at radius 3 is 2.82 bits per heavy atom. The van der Waals surface area contributed by atoms with E-state index in [2.05, 4.69) is 21.9 Å². The molecule has 1 aromatic heterocycles. The van der Waals surface area contributed by atoms with Crippen molar-refractivity contribution in [1.82, 2.24) is 15.0 Å². The first-order valence-corrected chi connectivity index (χ1v) is 5.92. The van der Waals surface area contributed by atoms with Gasteiger partial charge in [0.1, 0.15) is 0 Å². The topological polar surface area (TPSA) is 77.2 Å². The molecule has 7 heteroatoms. The number of halogens is 1. The Labute approximate surface area is 105 Å². The van der Waals surface area contributed by atoms with Gasteiger partial charge in [-0.15, -0.1) is 0 Å². The second kappa shape index (κ2) is 5.01. The Morgan fingerprint density at radius 2 is 2.18 bits per heavy atom. The molecule has 2 heterocycles. The molecule has 1 fully saturated rings. The van der Waals surface area contributed by atoms with Gasteiger partial charge in [-0.05, 0) is 23.9 Å². The number of rotatable bonds is 2. The number of ether oxygens (including phenoxy) is 1. The Morgan fingerprint density at radius 1 is 1.41 bits per heavy atom. The molecule has 2 unspecified atom stereocenters. The Hall–Kier alpha value is -1.14. The van der Waals surface area contributed by atoms with Crippen LogP contribution >= 0.6 is 11.6 Å². The van der Waals surface area contributed by atoms with Crippen LogP contribution in [-0.4, -0.2) is 41.3 Å². The number of nitrogen functional groups attached to an aromatic ring is 1. The normalized spacial score (nSPS) is 25.0.